The highest BCUT2D eigenvalue weighted by atomic mass is 35.5. The Balaban J connectivity index is 1.86. The Hall–Kier alpha value is -1.75. The van der Waals surface area contributed by atoms with E-state index in [-0.39, 0.29) is 12.5 Å². The molecule has 5 nitrogen and oxygen atoms in total. The maximum atomic E-state index is 12.0. The third-order valence-electron chi connectivity index (χ3n) is 3.25. The molecule has 2 rings (SSSR count). The first kappa shape index (κ1) is 14.7. The number of piperazine rings is 1. The maximum Gasteiger partial charge on any atom is 0.260 e. The minimum Gasteiger partial charge on any atom is -0.482 e. The molecule has 0 radical (unpaired) electrons. The molecule has 1 fully saturated rings. The number of hydrogen-bond acceptors (Lipinski definition) is 3. The van der Waals surface area contributed by atoms with E-state index in [1.165, 1.54) is 0 Å². The molecule has 1 aromatic carbocycles. The van der Waals surface area contributed by atoms with Gasteiger partial charge in [-0.15, -0.1) is 0 Å². The number of carbonyl (C=O) groups is 2. The Bertz CT molecular complexity index is 499. The molecule has 1 aromatic rings. The number of aryl methyl sites for hydroxylation is 1. The van der Waals surface area contributed by atoms with E-state index in [2.05, 4.69) is 0 Å². The fourth-order valence-electron chi connectivity index (χ4n) is 2.03. The summed E-state index contributed by atoms with van der Waals surface area (Å²) in [6.07, 6.45) is 0.810. The molecule has 0 atom stereocenters. The van der Waals surface area contributed by atoms with E-state index in [1.54, 1.807) is 21.9 Å². The molecule has 1 aliphatic rings. The van der Waals surface area contributed by atoms with Crippen molar-refractivity contribution >= 4 is 23.9 Å². The van der Waals surface area contributed by atoms with Crippen LogP contribution in [0.4, 0.5) is 0 Å². The Morgan fingerprint density at radius 1 is 1.35 bits per heavy atom. The molecular formula is C14H17ClN2O3. The second kappa shape index (κ2) is 6.61. The molecule has 0 N–H and O–H groups in total. The summed E-state index contributed by atoms with van der Waals surface area (Å²) in [5.41, 5.74) is 1.02. The zero-order valence-corrected chi connectivity index (χ0v) is 12.1. The fraction of sp³-hybridized carbons (Fsp3) is 0.429. The highest BCUT2D eigenvalue weighted by Crippen LogP contribution is 2.25. The molecule has 20 heavy (non-hydrogen) atoms. The molecule has 0 aromatic heterocycles. The Kier molecular flexibility index (Phi) is 4.84. The van der Waals surface area contributed by atoms with Crippen molar-refractivity contribution in [2.75, 3.05) is 32.8 Å². The molecule has 0 bridgehead atoms. The number of halogens is 1. The topological polar surface area (TPSA) is 49.9 Å². The van der Waals surface area contributed by atoms with Crippen molar-refractivity contribution in [3.05, 3.63) is 28.8 Å². The lowest BCUT2D eigenvalue weighted by Crippen LogP contribution is -2.49. The molecule has 2 amide bonds. The van der Waals surface area contributed by atoms with Gasteiger partial charge in [-0.05, 0) is 24.6 Å². The smallest absolute Gasteiger partial charge is 0.260 e. The molecule has 0 aliphatic carbocycles. The van der Waals surface area contributed by atoms with Crippen molar-refractivity contribution < 1.29 is 14.3 Å². The summed E-state index contributed by atoms with van der Waals surface area (Å²) in [5, 5.41) is 0.495. The SMILES string of the molecule is Cc1ccc(Cl)c(OCC(=O)N2CCN(C=O)CC2)c1. The first-order valence-corrected chi connectivity index (χ1v) is 6.84. The number of hydrogen-bond donors (Lipinski definition) is 0. The number of benzene rings is 1. The molecule has 108 valence electrons. The molecular weight excluding hydrogens is 280 g/mol. The Morgan fingerprint density at radius 3 is 2.70 bits per heavy atom. The fourth-order valence-corrected chi connectivity index (χ4v) is 2.20. The van der Waals surface area contributed by atoms with Crippen LogP contribution in [-0.2, 0) is 9.59 Å². The molecule has 0 unspecified atom stereocenters. The number of carbonyl (C=O) groups excluding carboxylic acids is 2. The quantitative estimate of drug-likeness (QED) is 0.788. The summed E-state index contributed by atoms with van der Waals surface area (Å²) in [4.78, 5) is 26.0. The number of amides is 2. The van der Waals surface area contributed by atoms with Crippen molar-refractivity contribution in [2.24, 2.45) is 0 Å². The minimum absolute atomic E-state index is 0.0374. The summed E-state index contributed by atoms with van der Waals surface area (Å²) < 4.78 is 5.48. The Morgan fingerprint density at radius 2 is 2.05 bits per heavy atom. The lowest BCUT2D eigenvalue weighted by molar-refractivity contribution is -0.137. The summed E-state index contributed by atoms with van der Waals surface area (Å²) in [5.74, 6) is 0.430. The van der Waals surface area contributed by atoms with Gasteiger partial charge in [-0.3, -0.25) is 9.59 Å². The number of rotatable bonds is 4. The summed E-state index contributed by atoms with van der Waals surface area (Å²) >= 11 is 6.01. The van der Waals surface area contributed by atoms with Gasteiger partial charge in [-0.2, -0.15) is 0 Å². The predicted molar refractivity (Wildman–Crippen MR) is 75.9 cm³/mol. The molecule has 1 heterocycles. The van der Waals surface area contributed by atoms with Gasteiger partial charge in [0, 0.05) is 26.2 Å². The van der Waals surface area contributed by atoms with Gasteiger partial charge < -0.3 is 14.5 Å². The van der Waals surface area contributed by atoms with Gasteiger partial charge in [0.2, 0.25) is 6.41 Å². The van der Waals surface area contributed by atoms with Gasteiger partial charge in [0.15, 0.2) is 6.61 Å². The van der Waals surface area contributed by atoms with Crippen molar-refractivity contribution in [1.82, 2.24) is 9.80 Å². The lowest BCUT2D eigenvalue weighted by Gasteiger charge is -2.32. The van der Waals surface area contributed by atoms with Crippen LogP contribution in [0.1, 0.15) is 5.56 Å². The van der Waals surface area contributed by atoms with E-state index in [0.717, 1.165) is 12.0 Å². The third kappa shape index (κ3) is 3.63. The molecule has 1 aliphatic heterocycles. The van der Waals surface area contributed by atoms with Crippen LogP contribution in [0.25, 0.3) is 0 Å². The maximum absolute atomic E-state index is 12.0. The zero-order valence-electron chi connectivity index (χ0n) is 11.3. The van der Waals surface area contributed by atoms with Crippen molar-refractivity contribution in [2.45, 2.75) is 6.92 Å². The first-order valence-electron chi connectivity index (χ1n) is 6.46. The van der Waals surface area contributed by atoms with Crippen LogP contribution in [0.15, 0.2) is 18.2 Å². The van der Waals surface area contributed by atoms with Crippen molar-refractivity contribution in [3.8, 4) is 5.75 Å². The van der Waals surface area contributed by atoms with Crippen LogP contribution in [-0.4, -0.2) is 54.9 Å². The van der Waals surface area contributed by atoms with Gasteiger partial charge in [0.25, 0.3) is 5.91 Å². The van der Waals surface area contributed by atoms with Gasteiger partial charge >= 0.3 is 0 Å². The number of ether oxygens (including phenoxy) is 1. The lowest BCUT2D eigenvalue weighted by atomic mass is 10.2. The largest absolute Gasteiger partial charge is 0.482 e. The predicted octanol–water partition coefficient (Wildman–Crippen LogP) is 1.33. The van der Waals surface area contributed by atoms with E-state index in [1.807, 2.05) is 13.0 Å². The monoisotopic (exact) mass is 296 g/mol. The first-order chi connectivity index (χ1) is 9.60. The van der Waals surface area contributed by atoms with Crippen LogP contribution in [0.2, 0.25) is 5.02 Å². The van der Waals surface area contributed by atoms with Crippen molar-refractivity contribution in [1.29, 1.82) is 0 Å². The van der Waals surface area contributed by atoms with E-state index in [9.17, 15) is 9.59 Å². The van der Waals surface area contributed by atoms with Crippen LogP contribution in [0.3, 0.4) is 0 Å². The second-order valence-corrected chi connectivity index (χ2v) is 5.15. The van der Waals surface area contributed by atoms with Crippen LogP contribution in [0.5, 0.6) is 5.75 Å². The molecule has 6 heteroatoms. The van der Waals surface area contributed by atoms with Gasteiger partial charge in [0.1, 0.15) is 5.75 Å². The average Bonchev–Trinajstić information content (AvgIpc) is 2.48. The summed E-state index contributed by atoms with van der Waals surface area (Å²) in [6, 6.07) is 5.44. The second-order valence-electron chi connectivity index (χ2n) is 4.74. The minimum atomic E-state index is -0.0897. The van der Waals surface area contributed by atoms with Gasteiger partial charge in [-0.1, -0.05) is 17.7 Å². The third-order valence-corrected chi connectivity index (χ3v) is 3.57. The molecule has 1 saturated heterocycles. The van der Waals surface area contributed by atoms with Crippen LogP contribution in [0, 0.1) is 6.92 Å². The molecule has 0 saturated carbocycles. The van der Waals surface area contributed by atoms with E-state index < -0.39 is 0 Å². The van der Waals surface area contributed by atoms with Gasteiger partial charge in [0.05, 0.1) is 5.02 Å². The standard InChI is InChI=1S/C14H17ClN2O3/c1-11-2-3-12(15)13(8-11)20-9-14(19)17-6-4-16(10-18)5-7-17/h2-3,8,10H,4-7,9H2,1H3. The van der Waals surface area contributed by atoms with E-state index in [4.69, 9.17) is 16.3 Å². The number of nitrogens with zero attached hydrogens (tertiary/aromatic N) is 2. The average molecular weight is 297 g/mol. The van der Waals surface area contributed by atoms with Crippen LogP contribution >= 0.6 is 11.6 Å². The highest BCUT2D eigenvalue weighted by molar-refractivity contribution is 6.32. The normalized spacial score (nSPS) is 15.1. The summed E-state index contributed by atoms with van der Waals surface area (Å²) in [7, 11) is 0. The van der Waals surface area contributed by atoms with E-state index in [0.29, 0.717) is 37.0 Å². The van der Waals surface area contributed by atoms with Crippen LogP contribution < -0.4 is 4.74 Å². The van der Waals surface area contributed by atoms with Crippen molar-refractivity contribution in [3.63, 3.8) is 0 Å². The molecule has 0 spiro atoms. The van der Waals surface area contributed by atoms with Gasteiger partial charge in [-0.25, -0.2) is 0 Å². The Labute approximate surface area is 123 Å². The van der Waals surface area contributed by atoms with E-state index >= 15 is 0 Å². The highest BCUT2D eigenvalue weighted by Gasteiger charge is 2.20. The summed E-state index contributed by atoms with van der Waals surface area (Å²) in [6.45, 7) is 4.12. The zero-order chi connectivity index (χ0) is 14.5.